The summed E-state index contributed by atoms with van der Waals surface area (Å²) in [6.07, 6.45) is 5.07. The monoisotopic (exact) mass is 226 g/mol. The van der Waals surface area contributed by atoms with Gasteiger partial charge >= 0.3 is 0 Å². The fourth-order valence-corrected chi connectivity index (χ4v) is 3.05. The predicted molar refractivity (Wildman–Crippen MR) is 62.2 cm³/mol. The Kier molecular flexibility index (Phi) is 3.50. The zero-order valence-corrected chi connectivity index (χ0v) is 10.2. The van der Waals surface area contributed by atoms with Crippen molar-refractivity contribution in [1.82, 2.24) is 10.6 Å². The van der Waals surface area contributed by atoms with Gasteiger partial charge in [0.25, 0.3) is 0 Å². The summed E-state index contributed by atoms with van der Waals surface area (Å²) in [6, 6.07) is 0.346. The number of nitrogens with one attached hydrogen (secondary N) is 2. The zero-order chi connectivity index (χ0) is 11.6. The van der Waals surface area contributed by atoms with E-state index in [0.29, 0.717) is 18.7 Å². The molecule has 0 aliphatic heterocycles. The molecule has 92 valence electrons. The van der Waals surface area contributed by atoms with Crippen molar-refractivity contribution >= 4 is 5.91 Å². The maximum absolute atomic E-state index is 11.5. The van der Waals surface area contributed by atoms with Gasteiger partial charge in [0, 0.05) is 18.1 Å². The smallest absolute Gasteiger partial charge is 0.234 e. The first kappa shape index (κ1) is 11.9. The van der Waals surface area contributed by atoms with E-state index in [1.54, 1.807) is 7.05 Å². The molecule has 4 heteroatoms. The molecule has 0 saturated heterocycles. The van der Waals surface area contributed by atoms with Gasteiger partial charge < -0.3 is 15.4 Å². The topological polar surface area (TPSA) is 50.4 Å². The summed E-state index contributed by atoms with van der Waals surface area (Å²) in [5.41, 5.74) is 0.277. The number of ether oxygens (including phenoxy) is 1. The van der Waals surface area contributed by atoms with Crippen LogP contribution in [-0.2, 0) is 9.53 Å². The number of likely N-dealkylation sites (N-methyl/N-ethyl adjacent to an activating group) is 1. The molecule has 16 heavy (non-hydrogen) atoms. The molecule has 4 nitrogen and oxygen atoms in total. The Labute approximate surface area is 97.1 Å². The Balaban J connectivity index is 1.86. The molecular formula is C12H22N2O2. The van der Waals surface area contributed by atoms with E-state index in [-0.39, 0.29) is 11.3 Å². The average molecular weight is 226 g/mol. The highest BCUT2D eigenvalue weighted by atomic mass is 16.5. The number of hydrogen-bond acceptors (Lipinski definition) is 3. The van der Waals surface area contributed by atoms with Gasteiger partial charge in [-0.2, -0.15) is 0 Å². The first-order valence-electron chi connectivity index (χ1n) is 6.28. The summed E-state index contributed by atoms with van der Waals surface area (Å²) < 4.78 is 5.74. The second-order valence-electron chi connectivity index (χ2n) is 4.92. The van der Waals surface area contributed by atoms with Gasteiger partial charge in [-0.1, -0.05) is 6.42 Å². The van der Waals surface area contributed by atoms with Crippen molar-refractivity contribution in [3.8, 4) is 0 Å². The Morgan fingerprint density at radius 1 is 1.50 bits per heavy atom. The Morgan fingerprint density at radius 2 is 2.25 bits per heavy atom. The summed E-state index contributed by atoms with van der Waals surface area (Å²) in [7, 11) is 1.79. The highest BCUT2D eigenvalue weighted by Gasteiger charge is 2.59. The van der Waals surface area contributed by atoms with Crippen LogP contribution in [0, 0.1) is 5.41 Å². The van der Waals surface area contributed by atoms with Gasteiger partial charge in [0.05, 0.1) is 12.6 Å². The molecule has 0 aromatic heterocycles. The number of hydrogen-bond donors (Lipinski definition) is 2. The minimum atomic E-state index is 0.105. The summed E-state index contributed by atoms with van der Waals surface area (Å²) in [6.45, 7) is 3.23. The van der Waals surface area contributed by atoms with Crippen LogP contribution >= 0.6 is 0 Å². The third-order valence-corrected chi connectivity index (χ3v) is 4.11. The third kappa shape index (κ3) is 1.84. The van der Waals surface area contributed by atoms with E-state index in [1.807, 2.05) is 6.92 Å². The molecule has 0 bridgehead atoms. The first-order chi connectivity index (χ1) is 7.73. The number of carbonyl (C=O) groups excluding carboxylic acids is 1. The summed E-state index contributed by atoms with van der Waals surface area (Å²) in [5.74, 6) is 0.105. The molecule has 2 aliphatic carbocycles. The molecule has 2 saturated carbocycles. The van der Waals surface area contributed by atoms with E-state index < -0.39 is 0 Å². The highest BCUT2D eigenvalue weighted by molar-refractivity contribution is 5.78. The fraction of sp³-hybridized carbons (Fsp3) is 0.917. The lowest BCUT2D eigenvalue weighted by Gasteiger charge is -2.61. The van der Waals surface area contributed by atoms with Crippen LogP contribution in [0.3, 0.4) is 0 Å². The van der Waals surface area contributed by atoms with Crippen LogP contribution in [0.5, 0.6) is 0 Å². The average Bonchev–Trinajstić information content (AvgIpc) is 2.13. The molecule has 0 radical (unpaired) electrons. The third-order valence-electron chi connectivity index (χ3n) is 4.11. The van der Waals surface area contributed by atoms with Crippen LogP contribution in [0.2, 0.25) is 0 Å². The molecule has 2 N–H and O–H groups in total. The van der Waals surface area contributed by atoms with E-state index in [0.717, 1.165) is 13.0 Å². The lowest BCUT2D eigenvalue weighted by Crippen LogP contribution is -2.68. The Hall–Kier alpha value is -0.610. The number of carbonyl (C=O) groups is 1. The standard InChI is InChI=1S/C12H22N2O2/c1-3-16-10-7-9(12(10)5-4-6-12)14-11(15)8-13-2/h9-10,13H,3-8H2,1-2H3,(H,14,15). The minimum absolute atomic E-state index is 0.105. The largest absolute Gasteiger partial charge is 0.378 e. The van der Waals surface area contributed by atoms with E-state index in [1.165, 1.54) is 19.3 Å². The van der Waals surface area contributed by atoms with Crippen LogP contribution in [0.4, 0.5) is 0 Å². The number of amides is 1. The molecule has 2 aliphatic rings. The zero-order valence-electron chi connectivity index (χ0n) is 10.2. The summed E-state index contributed by atoms with van der Waals surface area (Å²) in [5, 5.41) is 5.99. The minimum Gasteiger partial charge on any atom is -0.378 e. The summed E-state index contributed by atoms with van der Waals surface area (Å²) in [4.78, 5) is 11.5. The molecular weight excluding hydrogens is 204 g/mol. The molecule has 2 unspecified atom stereocenters. The van der Waals surface area contributed by atoms with Crippen molar-refractivity contribution in [3.05, 3.63) is 0 Å². The van der Waals surface area contributed by atoms with E-state index in [9.17, 15) is 4.79 Å². The van der Waals surface area contributed by atoms with Crippen LogP contribution < -0.4 is 10.6 Å². The normalized spacial score (nSPS) is 30.6. The quantitative estimate of drug-likeness (QED) is 0.724. The molecule has 0 aromatic rings. The van der Waals surface area contributed by atoms with Crippen LogP contribution in [0.1, 0.15) is 32.6 Å². The van der Waals surface area contributed by atoms with Gasteiger partial charge in [0.1, 0.15) is 0 Å². The highest BCUT2D eigenvalue weighted by Crippen LogP contribution is 2.57. The van der Waals surface area contributed by atoms with Crippen molar-refractivity contribution in [1.29, 1.82) is 0 Å². The van der Waals surface area contributed by atoms with Crippen LogP contribution in [0.25, 0.3) is 0 Å². The van der Waals surface area contributed by atoms with Gasteiger partial charge in [-0.15, -0.1) is 0 Å². The van der Waals surface area contributed by atoms with Gasteiger partial charge in [-0.05, 0) is 33.2 Å². The molecule has 2 atom stereocenters. The molecule has 2 rings (SSSR count). The van der Waals surface area contributed by atoms with Gasteiger partial charge in [-0.3, -0.25) is 4.79 Å². The van der Waals surface area contributed by atoms with Crippen molar-refractivity contribution in [3.63, 3.8) is 0 Å². The lowest BCUT2D eigenvalue weighted by atomic mass is 9.51. The van der Waals surface area contributed by atoms with E-state index >= 15 is 0 Å². The Morgan fingerprint density at radius 3 is 2.75 bits per heavy atom. The Bertz CT molecular complexity index is 264. The van der Waals surface area contributed by atoms with Crippen molar-refractivity contribution in [2.45, 2.75) is 44.8 Å². The number of rotatable bonds is 5. The lowest BCUT2D eigenvalue weighted by molar-refractivity contribution is -0.175. The molecule has 1 spiro atoms. The first-order valence-corrected chi connectivity index (χ1v) is 6.28. The maximum Gasteiger partial charge on any atom is 0.234 e. The van der Waals surface area contributed by atoms with Crippen molar-refractivity contribution in [2.24, 2.45) is 5.41 Å². The fourth-order valence-electron chi connectivity index (χ4n) is 3.05. The molecule has 1 amide bonds. The van der Waals surface area contributed by atoms with Crippen LogP contribution in [-0.4, -0.2) is 38.3 Å². The second-order valence-corrected chi connectivity index (χ2v) is 4.92. The van der Waals surface area contributed by atoms with Gasteiger partial charge in [0.15, 0.2) is 0 Å². The van der Waals surface area contributed by atoms with Crippen molar-refractivity contribution < 1.29 is 9.53 Å². The van der Waals surface area contributed by atoms with Crippen molar-refractivity contribution in [2.75, 3.05) is 20.2 Å². The van der Waals surface area contributed by atoms with Gasteiger partial charge in [0.2, 0.25) is 5.91 Å². The second kappa shape index (κ2) is 4.72. The van der Waals surface area contributed by atoms with Crippen LogP contribution in [0.15, 0.2) is 0 Å². The molecule has 0 heterocycles. The van der Waals surface area contributed by atoms with E-state index in [4.69, 9.17) is 4.74 Å². The van der Waals surface area contributed by atoms with E-state index in [2.05, 4.69) is 10.6 Å². The molecule has 2 fully saturated rings. The predicted octanol–water partition coefficient (Wildman–Crippen LogP) is 0.670. The summed E-state index contributed by atoms with van der Waals surface area (Å²) >= 11 is 0. The van der Waals surface area contributed by atoms with Gasteiger partial charge in [-0.25, -0.2) is 0 Å². The molecule has 0 aromatic carbocycles. The SMILES string of the molecule is CCOC1CC(NC(=O)CNC)C12CCC2. The maximum atomic E-state index is 11.5.